The number of ether oxygens (including phenoxy) is 1. The van der Waals surface area contributed by atoms with Crippen LogP contribution in [0.1, 0.15) is 27.7 Å². The lowest BCUT2D eigenvalue weighted by atomic mass is 9.90. The Labute approximate surface area is 167 Å². The van der Waals surface area contributed by atoms with Gasteiger partial charge < -0.3 is 14.5 Å². The lowest BCUT2D eigenvalue weighted by Gasteiger charge is -2.27. The second-order valence-corrected chi connectivity index (χ2v) is 7.44. The molecule has 0 saturated heterocycles. The van der Waals surface area contributed by atoms with E-state index in [9.17, 15) is 14.9 Å². The van der Waals surface area contributed by atoms with Crippen LogP contribution in [0.25, 0.3) is 11.6 Å². The van der Waals surface area contributed by atoms with Gasteiger partial charge in [0.25, 0.3) is 5.91 Å². The molecule has 0 aliphatic rings. The molecule has 0 fully saturated rings. The molecule has 0 aromatic carbocycles. The summed E-state index contributed by atoms with van der Waals surface area (Å²) < 4.78 is 12.2. The molecule has 2 heterocycles. The van der Waals surface area contributed by atoms with Crippen LogP contribution < -0.4 is 5.32 Å². The van der Waals surface area contributed by atoms with Gasteiger partial charge in [-0.1, -0.05) is 25.6 Å². The SMILES string of the molecule is CCn1c(SCC(=O)OCC(=O)N[C@](C)(C#N)C(C)C)nnc1-c1ccco1. The van der Waals surface area contributed by atoms with Gasteiger partial charge in [0.05, 0.1) is 18.1 Å². The lowest BCUT2D eigenvalue weighted by molar-refractivity contribution is -0.146. The Hall–Kier alpha value is -2.80. The number of hydrogen-bond donors (Lipinski definition) is 1. The summed E-state index contributed by atoms with van der Waals surface area (Å²) in [5.74, 6) is -0.0279. The van der Waals surface area contributed by atoms with Gasteiger partial charge in [-0.15, -0.1) is 10.2 Å². The molecular formula is C18H23N5O4S. The first-order chi connectivity index (χ1) is 13.3. The highest BCUT2D eigenvalue weighted by molar-refractivity contribution is 7.99. The number of carbonyl (C=O) groups excluding carboxylic acids is 2. The minimum atomic E-state index is -1.02. The van der Waals surface area contributed by atoms with E-state index in [1.54, 1.807) is 25.3 Å². The van der Waals surface area contributed by atoms with Gasteiger partial charge in [-0.3, -0.25) is 14.2 Å². The van der Waals surface area contributed by atoms with E-state index in [4.69, 9.17) is 9.15 Å². The van der Waals surface area contributed by atoms with Gasteiger partial charge in [-0.05, 0) is 31.9 Å². The molecule has 1 N–H and O–H groups in total. The van der Waals surface area contributed by atoms with Gasteiger partial charge in [0.1, 0.15) is 5.54 Å². The first-order valence-corrected chi connectivity index (χ1v) is 9.77. The van der Waals surface area contributed by atoms with Crippen LogP contribution in [0.15, 0.2) is 28.0 Å². The van der Waals surface area contributed by atoms with E-state index in [1.165, 1.54) is 0 Å². The van der Waals surface area contributed by atoms with Crippen LogP contribution in [-0.4, -0.2) is 44.5 Å². The first kappa shape index (κ1) is 21.5. The zero-order valence-corrected chi connectivity index (χ0v) is 17.1. The summed E-state index contributed by atoms with van der Waals surface area (Å²) in [7, 11) is 0. The van der Waals surface area contributed by atoms with Crippen LogP contribution in [0.2, 0.25) is 0 Å². The fourth-order valence-electron chi connectivity index (χ4n) is 2.21. The number of thioether (sulfide) groups is 1. The van der Waals surface area contributed by atoms with Crippen molar-refractivity contribution in [3.63, 3.8) is 0 Å². The molecule has 1 atom stereocenters. The van der Waals surface area contributed by atoms with E-state index >= 15 is 0 Å². The molecule has 0 bridgehead atoms. The summed E-state index contributed by atoms with van der Waals surface area (Å²) >= 11 is 1.16. The van der Waals surface area contributed by atoms with Gasteiger partial charge in [-0.25, -0.2) is 0 Å². The van der Waals surface area contributed by atoms with Crippen molar-refractivity contribution in [2.45, 2.75) is 44.9 Å². The van der Waals surface area contributed by atoms with Gasteiger partial charge in [0.15, 0.2) is 23.3 Å². The molecule has 1 amide bonds. The van der Waals surface area contributed by atoms with E-state index in [0.29, 0.717) is 23.3 Å². The zero-order chi connectivity index (χ0) is 20.7. The molecule has 9 nitrogen and oxygen atoms in total. The number of esters is 1. The Morgan fingerprint density at radius 2 is 2.21 bits per heavy atom. The van der Waals surface area contributed by atoms with Crippen molar-refractivity contribution in [2.24, 2.45) is 5.92 Å². The number of aromatic nitrogens is 3. The summed E-state index contributed by atoms with van der Waals surface area (Å²) in [6.07, 6.45) is 1.55. The van der Waals surface area contributed by atoms with Crippen molar-refractivity contribution in [1.29, 1.82) is 5.26 Å². The average molecular weight is 405 g/mol. The largest absolute Gasteiger partial charge is 0.461 e. The molecule has 2 rings (SSSR count). The number of carbonyl (C=O) groups is 2. The highest BCUT2D eigenvalue weighted by Crippen LogP contribution is 2.24. The van der Waals surface area contributed by atoms with Crippen molar-refractivity contribution in [3.05, 3.63) is 18.4 Å². The van der Waals surface area contributed by atoms with Crippen LogP contribution in [0.3, 0.4) is 0 Å². The van der Waals surface area contributed by atoms with Crippen molar-refractivity contribution in [1.82, 2.24) is 20.1 Å². The Kier molecular flexibility index (Phi) is 7.23. The summed E-state index contributed by atoms with van der Waals surface area (Å²) in [5.41, 5.74) is -1.02. The lowest BCUT2D eigenvalue weighted by Crippen LogP contribution is -2.50. The molecule has 0 aliphatic carbocycles. The maximum absolute atomic E-state index is 12.0. The van der Waals surface area contributed by atoms with Crippen molar-refractivity contribution >= 4 is 23.6 Å². The Morgan fingerprint density at radius 3 is 2.79 bits per heavy atom. The van der Waals surface area contributed by atoms with Crippen LogP contribution in [0.5, 0.6) is 0 Å². The molecule has 2 aromatic heterocycles. The Balaban J connectivity index is 1.87. The maximum Gasteiger partial charge on any atom is 0.316 e. The highest BCUT2D eigenvalue weighted by atomic mass is 32.2. The molecule has 10 heteroatoms. The summed E-state index contributed by atoms with van der Waals surface area (Å²) in [6.45, 7) is 7.37. The number of rotatable bonds is 9. The predicted octanol–water partition coefficient (Wildman–Crippen LogP) is 2.25. The maximum atomic E-state index is 12.0. The average Bonchev–Trinajstić information content (AvgIpc) is 3.33. The van der Waals surface area contributed by atoms with E-state index in [2.05, 4.69) is 21.6 Å². The highest BCUT2D eigenvalue weighted by Gasteiger charge is 2.30. The summed E-state index contributed by atoms with van der Waals surface area (Å²) in [6, 6.07) is 5.61. The number of hydrogen-bond acceptors (Lipinski definition) is 8. The molecular weight excluding hydrogens is 382 g/mol. The van der Waals surface area contributed by atoms with Crippen LogP contribution in [0, 0.1) is 17.2 Å². The van der Waals surface area contributed by atoms with Crippen LogP contribution >= 0.6 is 11.8 Å². The number of nitrogens with one attached hydrogen (secondary N) is 1. The van der Waals surface area contributed by atoms with Gasteiger partial charge >= 0.3 is 5.97 Å². The van der Waals surface area contributed by atoms with E-state index in [1.807, 2.05) is 25.3 Å². The molecule has 28 heavy (non-hydrogen) atoms. The first-order valence-electron chi connectivity index (χ1n) is 8.78. The van der Waals surface area contributed by atoms with E-state index < -0.39 is 24.0 Å². The van der Waals surface area contributed by atoms with Crippen molar-refractivity contribution in [2.75, 3.05) is 12.4 Å². The van der Waals surface area contributed by atoms with E-state index in [0.717, 1.165) is 11.8 Å². The monoisotopic (exact) mass is 405 g/mol. The van der Waals surface area contributed by atoms with Crippen molar-refractivity contribution < 1.29 is 18.7 Å². The third-order valence-electron chi connectivity index (χ3n) is 4.24. The minimum absolute atomic E-state index is 0.0245. The summed E-state index contributed by atoms with van der Waals surface area (Å²) in [5, 5.41) is 20.5. The topological polar surface area (TPSA) is 123 Å². The van der Waals surface area contributed by atoms with Gasteiger partial charge in [0, 0.05) is 6.54 Å². The van der Waals surface area contributed by atoms with Gasteiger partial charge in [0.2, 0.25) is 0 Å². The third kappa shape index (κ3) is 5.13. The molecule has 0 spiro atoms. The molecule has 2 aromatic rings. The predicted molar refractivity (Wildman–Crippen MR) is 102 cm³/mol. The zero-order valence-electron chi connectivity index (χ0n) is 16.3. The Morgan fingerprint density at radius 1 is 1.46 bits per heavy atom. The minimum Gasteiger partial charge on any atom is -0.461 e. The smallest absolute Gasteiger partial charge is 0.316 e. The quantitative estimate of drug-likeness (QED) is 0.498. The number of furan rings is 1. The summed E-state index contributed by atoms with van der Waals surface area (Å²) in [4.78, 5) is 23.9. The number of nitriles is 1. The molecule has 0 unspecified atom stereocenters. The molecule has 0 radical (unpaired) electrons. The fraction of sp³-hybridized carbons (Fsp3) is 0.500. The number of nitrogens with zero attached hydrogens (tertiary/aromatic N) is 4. The fourth-order valence-corrected chi connectivity index (χ4v) is 3.01. The van der Waals surface area contributed by atoms with Crippen LogP contribution in [0.4, 0.5) is 0 Å². The molecule has 0 aliphatic heterocycles. The molecule has 0 saturated carbocycles. The molecule has 150 valence electrons. The van der Waals surface area contributed by atoms with E-state index in [-0.39, 0.29) is 11.7 Å². The standard InChI is InChI=1S/C18H23N5O4S/c1-5-23-16(13-7-6-8-26-13)21-22-17(23)28-10-15(25)27-9-14(24)20-18(4,11-19)12(2)3/h6-8,12H,5,9-10H2,1-4H3,(H,20,24)/t18-/m1/s1. The second-order valence-electron chi connectivity index (χ2n) is 6.49. The van der Waals surface area contributed by atoms with Crippen molar-refractivity contribution in [3.8, 4) is 17.7 Å². The van der Waals surface area contributed by atoms with Crippen LogP contribution in [-0.2, 0) is 20.9 Å². The Bertz CT molecular complexity index is 856. The second kappa shape index (κ2) is 9.41. The normalized spacial score (nSPS) is 13.0. The van der Waals surface area contributed by atoms with Gasteiger partial charge in [-0.2, -0.15) is 5.26 Å². The number of amides is 1. The third-order valence-corrected chi connectivity index (χ3v) is 5.18.